The van der Waals surface area contributed by atoms with E-state index in [0.717, 1.165) is 11.3 Å². The van der Waals surface area contributed by atoms with Gasteiger partial charge in [0.05, 0.1) is 21.9 Å². The number of hydrogen-bond donors (Lipinski definition) is 2. The smallest absolute Gasteiger partial charge is 0.237 e. The standard InChI is InChI=1S/C16H14Cl2N4O2/c17-11-6-10-13(7-12(11)18)20-15(24)16(10)2-4-22(8-16)14(23)5-9-1-3-19-21-9/h1,3,6-7H,2,4-5,8H2,(H,19,21)(H,20,24)/t16-/m1/s1. The number of nitrogens with one attached hydrogen (secondary N) is 2. The molecule has 2 amide bonds. The van der Waals surface area contributed by atoms with E-state index in [1.54, 1.807) is 29.3 Å². The van der Waals surface area contributed by atoms with E-state index in [1.165, 1.54) is 0 Å². The third-order valence-corrected chi connectivity index (χ3v) is 5.50. The van der Waals surface area contributed by atoms with E-state index in [2.05, 4.69) is 15.5 Å². The summed E-state index contributed by atoms with van der Waals surface area (Å²) in [6, 6.07) is 5.17. The Morgan fingerprint density at radius 3 is 2.88 bits per heavy atom. The van der Waals surface area contributed by atoms with Crippen LogP contribution in [0.4, 0.5) is 5.69 Å². The molecule has 1 aromatic carbocycles. The molecule has 24 heavy (non-hydrogen) atoms. The molecule has 0 aliphatic carbocycles. The molecular weight excluding hydrogens is 351 g/mol. The Bertz CT molecular complexity index is 837. The van der Waals surface area contributed by atoms with Gasteiger partial charge in [-0.1, -0.05) is 23.2 Å². The lowest BCUT2D eigenvalue weighted by Gasteiger charge is -2.22. The average Bonchev–Trinajstić information content (AvgIpc) is 3.24. The van der Waals surface area contributed by atoms with Crippen molar-refractivity contribution in [2.24, 2.45) is 0 Å². The summed E-state index contributed by atoms with van der Waals surface area (Å²) in [7, 11) is 0. The third-order valence-electron chi connectivity index (χ3n) is 4.78. The molecule has 0 bridgehead atoms. The molecule has 8 heteroatoms. The van der Waals surface area contributed by atoms with Gasteiger partial charge in [0, 0.05) is 30.7 Å². The number of amides is 2. The summed E-state index contributed by atoms with van der Waals surface area (Å²) >= 11 is 12.2. The molecule has 4 rings (SSSR count). The van der Waals surface area contributed by atoms with Crippen molar-refractivity contribution in [2.45, 2.75) is 18.3 Å². The van der Waals surface area contributed by atoms with Gasteiger partial charge in [-0.15, -0.1) is 0 Å². The van der Waals surface area contributed by atoms with Crippen LogP contribution in [0.1, 0.15) is 17.7 Å². The molecule has 2 aliphatic rings. The topological polar surface area (TPSA) is 78.1 Å². The van der Waals surface area contributed by atoms with E-state index in [4.69, 9.17) is 23.2 Å². The van der Waals surface area contributed by atoms with Crippen molar-refractivity contribution in [2.75, 3.05) is 18.4 Å². The zero-order valence-corrected chi connectivity index (χ0v) is 14.1. The van der Waals surface area contributed by atoms with Crippen molar-refractivity contribution in [1.29, 1.82) is 0 Å². The lowest BCUT2D eigenvalue weighted by atomic mass is 9.81. The number of nitrogens with zero attached hydrogens (tertiary/aromatic N) is 2. The van der Waals surface area contributed by atoms with Gasteiger partial charge >= 0.3 is 0 Å². The number of rotatable bonds is 2. The molecule has 3 heterocycles. The Kier molecular flexibility index (Phi) is 3.54. The number of carbonyl (C=O) groups is 2. The minimum Gasteiger partial charge on any atom is -0.341 e. The van der Waals surface area contributed by atoms with Gasteiger partial charge in [0.2, 0.25) is 11.8 Å². The van der Waals surface area contributed by atoms with Crippen LogP contribution in [-0.2, 0) is 21.4 Å². The fourth-order valence-electron chi connectivity index (χ4n) is 3.50. The van der Waals surface area contributed by atoms with Gasteiger partial charge < -0.3 is 10.2 Å². The maximum atomic E-state index is 12.6. The summed E-state index contributed by atoms with van der Waals surface area (Å²) in [5.41, 5.74) is 1.51. The van der Waals surface area contributed by atoms with Gasteiger partial charge in [-0.3, -0.25) is 14.7 Å². The number of aromatic amines is 1. The van der Waals surface area contributed by atoms with Gasteiger partial charge in [0.1, 0.15) is 0 Å². The summed E-state index contributed by atoms with van der Waals surface area (Å²) in [6.07, 6.45) is 2.42. The van der Waals surface area contributed by atoms with Crippen LogP contribution in [0.5, 0.6) is 0 Å². The number of anilines is 1. The predicted molar refractivity (Wildman–Crippen MR) is 90.3 cm³/mol. The molecule has 6 nitrogen and oxygen atoms in total. The fourth-order valence-corrected chi connectivity index (χ4v) is 3.82. The van der Waals surface area contributed by atoms with E-state index in [0.29, 0.717) is 35.2 Å². The number of carbonyl (C=O) groups excluding carboxylic acids is 2. The number of H-pyrrole nitrogens is 1. The van der Waals surface area contributed by atoms with E-state index in [-0.39, 0.29) is 18.2 Å². The Labute approximate surface area is 148 Å². The van der Waals surface area contributed by atoms with Gasteiger partial charge in [-0.25, -0.2) is 0 Å². The number of likely N-dealkylation sites (tertiary alicyclic amines) is 1. The van der Waals surface area contributed by atoms with Crippen LogP contribution in [0.2, 0.25) is 10.0 Å². The molecule has 1 saturated heterocycles. The number of aromatic nitrogens is 2. The second-order valence-corrected chi connectivity index (χ2v) is 6.99. The minimum absolute atomic E-state index is 0.0302. The molecule has 2 aliphatic heterocycles. The van der Waals surface area contributed by atoms with E-state index >= 15 is 0 Å². The highest BCUT2D eigenvalue weighted by Crippen LogP contribution is 2.46. The maximum Gasteiger partial charge on any atom is 0.237 e. The highest BCUT2D eigenvalue weighted by atomic mass is 35.5. The van der Waals surface area contributed by atoms with Crippen molar-refractivity contribution in [3.63, 3.8) is 0 Å². The molecule has 1 spiro atoms. The molecule has 0 saturated carbocycles. The SMILES string of the molecule is O=C(Cc1ccn[nH]1)N1CC[C@]2(C1)C(=O)Nc1cc(Cl)c(Cl)cc12. The molecule has 124 valence electrons. The van der Waals surface area contributed by atoms with E-state index < -0.39 is 5.41 Å². The van der Waals surface area contributed by atoms with Crippen LogP contribution >= 0.6 is 23.2 Å². The Morgan fingerprint density at radius 2 is 2.12 bits per heavy atom. The van der Waals surface area contributed by atoms with E-state index in [1.807, 2.05) is 0 Å². The van der Waals surface area contributed by atoms with Crippen LogP contribution in [0.25, 0.3) is 0 Å². The number of fused-ring (bicyclic) bond motifs is 2. The van der Waals surface area contributed by atoms with Gasteiger partial charge in [-0.2, -0.15) is 5.10 Å². The number of hydrogen-bond acceptors (Lipinski definition) is 3. The van der Waals surface area contributed by atoms with Crippen LogP contribution < -0.4 is 5.32 Å². The Hall–Kier alpha value is -2.05. The monoisotopic (exact) mass is 364 g/mol. The summed E-state index contributed by atoms with van der Waals surface area (Å²) in [5.74, 6) is -0.134. The molecule has 1 aromatic heterocycles. The van der Waals surface area contributed by atoms with Crippen molar-refractivity contribution < 1.29 is 9.59 Å². The molecule has 0 unspecified atom stereocenters. The molecule has 1 fully saturated rings. The van der Waals surface area contributed by atoms with Crippen molar-refractivity contribution in [1.82, 2.24) is 15.1 Å². The van der Waals surface area contributed by atoms with Gasteiger partial charge in [-0.05, 0) is 30.2 Å². The van der Waals surface area contributed by atoms with Crippen LogP contribution in [0.3, 0.4) is 0 Å². The normalized spacial score (nSPS) is 22.1. The zero-order chi connectivity index (χ0) is 16.9. The van der Waals surface area contributed by atoms with Gasteiger partial charge in [0.25, 0.3) is 0 Å². The first-order valence-corrected chi connectivity index (χ1v) is 8.32. The number of halogens is 2. The second kappa shape index (κ2) is 5.50. The quantitative estimate of drug-likeness (QED) is 0.858. The maximum absolute atomic E-state index is 12.6. The van der Waals surface area contributed by atoms with Crippen LogP contribution in [0, 0.1) is 0 Å². The molecule has 2 N–H and O–H groups in total. The molecular formula is C16H14Cl2N4O2. The molecule has 2 aromatic rings. The zero-order valence-electron chi connectivity index (χ0n) is 12.6. The van der Waals surface area contributed by atoms with Crippen molar-refractivity contribution >= 4 is 40.7 Å². The first kappa shape index (κ1) is 15.5. The predicted octanol–water partition coefficient (Wildman–Crippen LogP) is 2.38. The molecule has 1 atom stereocenters. The summed E-state index contributed by atoms with van der Waals surface area (Å²) in [5, 5.41) is 10.3. The first-order valence-electron chi connectivity index (χ1n) is 7.57. The second-order valence-electron chi connectivity index (χ2n) is 6.17. The van der Waals surface area contributed by atoms with Crippen LogP contribution in [0.15, 0.2) is 24.4 Å². The van der Waals surface area contributed by atoms with Crippen LogP contribution in [-0.4, -0.2) is 40.0 Å². The highest BCUT2D eigenvalue weighted by molar-refractivity contribution is 6.42. The Morgan fingerprint density at radius 1 is 1.33 bits per heavy atom. The lowest BCUT2D eigenvalue weighted by molar-refractivity contribution is -0.130. The number of benzene rings is 1. The minimum atomic E-state index is -0.743. The third kappa shape index (κ3) is 2.29. The summed E-state index contributed by atoms with van der Waals surface area (Å²) in [6.45, 7) is 0.872. The van der Waals surface area contributed by atoms with E-state index in [9.17, 15) is 9.59 Å². The summed E-state index contributed by atoms with van der Waals surface area (Å²) in [4.78, 5) is 26.8. The van der Waals surface area contributed by atoms with Gasteiger partial charge in [0.15, 0.2) is 0 Å². The first-order chi connectivity index (χ1) is 11.5. The van der Waals surface area contributed by atoms with Crippen molar-refractivity contribution in [3.8, 4) is 0 Å². The molecule has 0 radical (unpaired) electrons. The fraction of sp³-hybridized carbons (Fsp3) is 0.312. The Balaban J connectivity index is 1.61. The average molecular weight is 365 g/mol. The highest BCUT2D eigenvalue weighted by Gasteiger charge is 2.52. The largest absolute Gasteiger partial charge is 0.341 e. The summed E-state index contributed by atoms with van der Waals surface area (Å²) < 4.78 is 0. The van der Waals surface area contributed by atoms with Crippen molar-refractivity contribution in [3.05, 3.63) is 45.7 Å². The lowest BCUT2D eigenvalue weighted by Crippen LogP contribution is -2.39.